The molecule has 1 aromatic carbocycles. The molecule has 3 aromatic heterocycles. The average Bonchev–Trinajstić information content (AvgIpc) is 3.29. The number of pyridine rings is 1. The maximum atomic E-state index is 12.7. The van der Waals surface area contributed by atoms with Crippen molar-refractivity contribution < 1.29 is 4.79 Å². The number of hydrogen-bond acceptors (Lipinski definition) is 7. The molecule has 0 fully saturated rings. The minimum Gasteiger partial charge on any atom is -0.397 e. The molecule has 6 nitrogen and oxygen atoms in total. The highest BCUT2D eigenvalue weighted by Gasteiger charge is 2.25. The Morgan fingerprint density at radius 3 is 2.79 bits per heavy atom. The van der Waals surface area contributed by atoms with Gasteiger partial charge in [0.1, 0.15) is 14.7 Å². The van der Waals surface area contributed by atoms with Gasteiger partial charge in [-0.15, -0.1) is 21.5 Å². The molecule has 146 valence electrons. The Morgan fingerprint density at radius 1 is 1.21 bits per heavy atom. The second-order valence-corrected chi connectivity index (χ2v) is 9.40. The molecule has 1 unspecified atom stereocenters. The highest BCUT2D eigenvalue weighted by atomic mass is 32.1. The van der Waals surface area contributed by atoms with Crippen LogP contribution in [0.2, 0.25) is 0 Å². The Hall–Kier alpha value is -2.84. The molecule has 8 heteroatoms. The van der Waals surface area contributed by atoms with Crippen LogP contribution >= 0.6 is 22.7 Å². The molecule has 3 heterocycles. The molecule has 1 aliphatic rings. The lowest BCUT2D eigenvalue weighted by Gasteiger charge is -2.24. The minimum absolute atomic E-state index is 0.262. The molecule has 1 amide bonds. The van der Waals surface area contributed by atoms with Gasteiger partial charge in [-0.05, 0) is 49.3 Å². The van der Waals surface area contributed by atoms with Crippen LogP contribution in [0.1, 0.15) is 43.8 Å². The standard InChI is InChI=1S/C21H19N5OS2/c1-11-25-26-21(28-11)24-19(27)18-17(22)15-10-14-9-13(12-5-3-2-4-6-12)7-8-16(14)23-20(15)29-18/h2-6,10,13H,7-9,22H2,1H3,(H,24,26,27). The lowest BCUT2D eigenvalue weighted by Crippen LogP contribution is -2.14. The maximum absolute atomic E-state index is 12.7. The number of nitrogens with zero attached hydrogens (tertiary/aromatic N) is 3. The van der Waals surface area contributed by atoms with Crippen molar-refractivity contribution >= 4 is 49.6 Å². The van der Waals surface area contributed by atoms with Crippen LogP contribution in [-0.4, -0.2) is 21.1 Å². The molecule has 0 radical (unpaired) electrons. The molecular formula is C21H19N5OS2. The van der Waals surface area contributed by atoms with Gasteiger partial charge in [0.05, 0.1) is 5.69 Å². The van der Waals surface area contributed by atoms with E-state index in [9.17, 15) is 4.79 Å². The van der Waals surface area contributed by atoms with Gasteiger partial charge in [0.15, 0.2) is 0 Å². The number of thiophene rings is 1. The summed E-state index contributed by atoms with van der Waals surface area (Å²) in [7, 11) is 0. The van der Waals surface area contributed by atoms with Gasteiger partial charge >= 0.3 is 0 Å². The van der Waals surface area contributed by atoms with E-state index in [0.717, 1.165) is 40.2 Å². The van der Waals surface area contributed by atoms with Gasteiger partial charge in [-0.3, -0.25) is 10.1 Å². The Morgan fingerprint density at radius 2 is 2.03 bits per heavy atom. The van der Waals surface area contributed by atoms with E-state index >= 15 is 0 Å². The SMILES string of the molecule is Cc1nnc(NC(=O)c2sc3nc4c(cc3c2N)CC(c2ccccc2)CC4)s1. The summed E-state index contributed by atoms with van der Waals surface area (Å²) in [5.41, 5.74) is 10.6. The number of amides is 1. The molecule has 0 bridgehead atoms. The number of nitrogen functional groups attached to an aromatic ring is 1. The van der Waals surface area contributed by atoms with Gasteiger partial charge in [-0.1, -0.05) is 41.7 Å². The number of fused-ring (bicyclic) bond motifs is 2. The van der Waals surface area contributed by atoms with E-state index in [-0.39, 0.29) is 5.91 Å². The monoisotopic (exact) mass is 421 g/mol. The topological polar surface area (TPSA) is 93.8 Å². The molecule has 1 atom stereocenters. The van der Waals surface area contributed by atoms with E-state index in [0.29, 0.717) is 21.6 Å². The number of rotatable bonds is 3. The zero-order valence-corrected chi connectivity index (χ0v) is 17.4. The van der Waals surface area contributed by atoms with Crippen LogP contribution in [0.25, 0.3) is 10.2 Å². The van der Waals surface area contributed by atoms with E-state index in [1.807, 2.05) is 13.0 Å². The normalized spacial score (nSPS) is 16.0. The van der Waals surface area contributed by atoms with Crippen molar-refractivity contribution in [2.24, 2.45) is 0 Å². The molecule has 1 aliphatic carbocycles. The van der Waals surface area contributed by atoms with Gasteiger partial charge in [0, 0.05) is 11.1 Å². The van der Waals surface area contributed by atoms with Crippen LogP contribution in [-0.2, 0) is 12.8 Å². The van der Waals surface area contributed by atoms with E-state index in [2.05, 4.69) is 45.8 Å². The first-order valence-electron chi connectivity index (χ1n) is 9.45. The summed E-state index contributed by atoms with van der Waals surface area (Å²) in [6, 6.07) is 12.7. The smallest absolute Gasteiger partial charge is 0.269 e. The molecule has 0 saturated carbocycles. The predicted octanol–water partition coefficient (Wildman–Crippen LogP) is 4.56. The number of hydrogen-bond donors (Lipinski definition) is 2. The van der Waals surface area contributed by atoms with Crippen molar-refractivity contribution in [3.8, 4) is 0 Å². The summed E-state index contributed by atoms with van der Waals surface area (Å²) in [4.78, 5) is 18.8. The number of carbonyl (C=O) groups excluding carboxylic acids is 1. The van der Waals surface area contributed by atoms with Crippen molar-refractivity contribution in [2.45, 2.75) is 32.1 Å². The van der Waals surface area contributed by atoms with Gasteiger partial charge in [0.2, 0.25) is 5.13 Å². The summed E-state index contributed by atoms with van der Waals surface area (Å²) in [5.74, 6) is 0.230. The lowest BCUT2D eigenvalue weighted by atomic mass is 9.82. The van der Waals surface area contributed by atoms with E-state index in [4.69, 9.17) is 10.7 Å². The first kappa shape index (κ1) is 18.2. The van der Waals surface area contributed by atoms with Crippen molar-refractivity contribution in [3.63, 3.8) is 0 Å². The van der Waals surface area contributed by atoms with Crippen molar-refractivity contribution in [1.29, 1.82) is 0 Å². The molecule has 4 aromatic rings. The second-order valence-electron chi connectivity index (χ2n) is 7.22. The first-order valence-corrected chi connectivity index (χ1v) is 11.1. The van der Waals surface area contributed by atoms with Crippen LogP contribution in [0.5, 0.6) is 0 Å². The molecule has 5 rings (SSSR count). The number of aryl methyl sites for hydroxylation is 2. The fourth-order valence-corrected chi connectivity index (χ4v) is 5.45. The minimum atomic E-state index is -0.262. The third-order valence-electron chi connectivity index (χ3n) is 5.31. The van der Waals surface area contributed by atoms with Crippen molar-refractivity contribution in [1.82, 2.24) is 15.2 Å². The van der Waals surface area contributed by atoms with Crippen LogP contribution in [0, 0.1) is 6.92 Å². The quantitative estimate of drug-likeness (QED) is 0.506. The first-order chi connectivity index (χ1) is 14.1. The second kappa shape index (κ2) is 7.20. The van der Waals surface area contributed by atoms with Gasteiger partial charge in [0.25, 0.3) is 5.91 Å². The lowest BCUT2D eigenvalue weighted by molar-refractivity contribution is 0.103. The largest absolute Gasteiger partial charge is 0.397 e. The highest BCUT2D eigenvalue weighted by Crippen LogP contribution is 2.38. The Balaban J connectivity index is 1.46. The predicted molar refractivity (Wildman–Crippen MR) is 118 cm³/mol. The van der Waals surface area contributed by atoms with Crippen LogP contribution in [0.3, 0.4) is 0 Å². The van der Waals surface area contributed by atoms with Crippen molar-refractivity contribution in [2.75, 3.05) is 11.1 Å². The number of carbonyl (C=O) groups is 1. The summed E-state index contributed by atoms with van der Waals surface area (Å²) >= 11 is 2.67. The van der Waals surface area contributed by atoms with Crippen LogP contribution in [0.4, 0.5) is 10.8 Å². The van der Waals surface area contributed by atoms with Gasteiger partial charge in [-0.2, -0.15) is 0 Å². The highest BCUT2D eigenvalue weighted by molar-refractivity contribution is 7.21. The average molecular weight is 422 g/mol. The summed E-state index contributed by atoms with van der Waals surface area (Å²) < 4.78 is 0. The molecule has 3 N–H and O–H groups in total. The molecule has 0 saturated heterocycles. The summed E-state index contributed by atoms with van der Waals surface area (Å²) in [5, 5.41) is 12.8. The Kier molecular flexibility index (Phi) is 4.52. The van der Waals surface area contributed by atoms with Crippen LogP contribution in [0.15, 0.2) is 36.4 Å². The zero-order valence-electron chi connectivity index (χ0n) is 15.8. The number of nitrogens with two attached hydrogens (primary N) is 1. The number of nitrogens with one attached hydrogen (secondary N) is 1. The molecule has 0 aliphatic heterocycles. The molecule has 29 heavy (non-hydrogen) atoms. The van der Waals surface area contributed by atoms with E-state index in [1.54, 1.807) is 0 Å². The zero-order chi connectivity index (χ0) is 20.0. The number of benzene rings is 1. The fourth-order valence-electron chi connectivity index (χ4n) is 3.87. The van der Waals surface area contributed by atoms with Gasteiger partial charge in [-0.25, -0.2) is 4.98 Å². The third-order valence-corrected chi connectivity index (χ3v) is 7.18. The summed E-state index contributed by atoms with van der Waals surface area (Å²) in [6.45, 7) is 1.85. The van der Waals surface area contributed by atoms with Gasteiger partial charge < -0.3 is 5.73 Å². The van der Waals surface area contributed by atoms with Crippen molar-refractivity contribution in [3.05, 3.63) is 63.1 Å². The Bertz CT molecular complexity index is 1210. The fraction of sp³-hybridized carbons (Fsp3) is 0.238. The summed E-state index contributed by atoms with van der Waals surface area (Å²) in [6.07, 6.45) is 2.97. The maximum Gasteiger partial charge on any atom is 0.269 e. The third kappa shape index (κ3) is 3.38. The number of anilines is 2. The van der Waals surface area contributed by atoms with E-state index < -0.39 is 0 Å². The number of aromatic nitrogens is 3. The Labute approximate surface area is 175 Å². The van der Waals surface area contributed by atoms with Crippen LogP contribution < -0.4 is 11.1 Å². The molecule has 0 spiro atoms. The van der Waals surface area contributed by atoms with E-state index in [1.165, 1.54) is 33.8 Å². The molecular weight excluding hydrogens is 402 g/mol.